The average Bonchev–Trinajstić information content (AvgIpc) is 2.57. The molecule has 0 bridgehead atoms. The second-order valence-electron chi connectivity index (χ2n) is 5.66. The molecule has 0 aliphatic rings. The maximum Gasteiger partial charge on any atom is 0.319 e. The SMILES string of the molecule is CCC(CC)(CNC(=O)Nc1ccccc1OCCC(N)=O)C(=O)O. The predicted octanol–water partition coefficient (Wildman–Crippen LogP) is 1.95. The van der Waals surface area contributed by atoms with E-state index in [2.05, 4.69) is 10.6 Å². The fourth-order valence-electron chi connectivity index (χ4n) is 2.25. The summed E-state index contributed by atoms with van der Waals surface area (Å²) in [7, 11) is 0. The highest BCUT2D eigenvalue weighted by atomic mass is 16.5. The van der Waals surface area contributed by atoms with Gasteiger partial charge < -0.3 is 26.2 Å². The smallest absolute Gasteiger partial charge is 0.319 e. The van der Waals surface area contributed by atoms with Crippen molar-refractivity contribution in [3.8, 4) is 5.75 Å². The molecule has 0 saturated carbocycles. The van der Waals surface area contributed by atoms with Gasteiger partial charge in [-0.3, -0.25) is 9.59 Å². The second-order valence-corrected chi connectivity index (χ2v) is 5.66. The number of nitrogens with one attached hydrogen (secondary N) is 2. The van der Waals surface area contributed by atoms with Crippen LogP contribution in [-0.4, -0.2) is 36.2 Å². The number of hydrogen-bond acceptors (Lipinski definition) is 4. The Morgan fingerprint density at radius 3 is 2.40 bits per heavy atom. The Morgan fingerprint density at radius 1 is 1.20 bits per heavy atom. The lowest BCUT2D eigenvalue weighted by Crippen LogP contribution is -2.43. The van der Waals surface area contributed by atoms with E-state index in [4.69, 9.17) is 10.5 Å². The largest absolute Gasteiger partial charge is 0.491 e. The minimum Gasteiger partial charge on any atom is -0.491 e. The molecule has 8 nitrogen and oxygen atoms in total. The van der Waals surface area contributed by atoms with Gasteiger partial charge in [-0.05, 0) is 25.0 Å². The summed E-state index contributed by atoms with van der Waals surface area (Å²) in [5, 5.41) is 14.6. The van der Waals surface area contributed by atoms with Gasteiger partial charge in [-0.15, -0.1) is 0 Å². The number of primary amides is 1. The van der Waals surface area contributed by atoms with Crippen molar-refractivity contribution in [2.75, 3.05) is 18.5 Å². The van der Waals surface area contributed by atoms with Crippen LogP contribution in [0.15, 0.2) is 24.3 Å². The minimum absolute atomic E-state index is 0.0197. The minimum atomic E-state index is -0.991. The number of amides is 3. The van der Waals surface area contributed by atoms with Crippen molar-refractivity contribution < 1.29 is 24.2 Å². The number of ether oxygens (including phenoxy) is 1. The van der Waals surface area contributed by atoms with Crippen LogP contribution in [0.2, 0.25) is 0 Å². The van der Waals surface area contributed by atoms with Crippen molar-refractivity contribution in [2.24, 2.45) is 11.1 Å². The molecule has 25 heavy (non-hydrogen) atoms. The molecule has 0 heterocycles. The third kappa shape index (κ3) is 5.98. The molecule has 0 atom stereocenters. The summed E-state index contributed by atoms with van der Waals surface area (Å²) in [4.78, 5) is 34.3. The first-order valence-corrected chi connectivity index (χ1v) is 8.13. The standard InChI is InChI=1S/C17H25N3O5/c1-3-17(4-2,15(22)23)11-19-16(24)20-12-7-5-6-8-13(12)25-10-9-14(18)21/h5-8H,3-4,9-11H2,1-2H3,(H2,18,21)(H,22,23)(H2,19,20,24). The van der Waals surface area contributed by atoms with Crippen LogP contribution in [0.1, 0.15) is 33.1 Å². The summed E-state index contributed by atoms with van der Waals surface area (Å²) < 4.78 is 5.44. The van der Waals surface area contributed by atoms with Gasteiger partial charge in [0, 0.05) is 6.54 Å². The molecule has 0 aliphatic heterocycles. The van der Waals surface area contributed by atoms with Gasteiger partial charge in [-0.2, -0.15) is 0 Å². The molecule has 0 radical (unpaired) electrons. The molecule has 3 amide bonds. The summed E-state index contributed by atoms with van der Waals surface area (Å²) in [6.45, 7) is 3.67. The van der Waals surface area contributed by atoms with Crippen LogP contribution in [-0.2, 0) is 9.59 Å². The number of carbonyl (C=O) groups excluding carboxylic acids is 2. The van der Waals surface area contributed by atoms with Crippen LogP contribution in [0.3, 0.4) is 0 Å². The molecule has 0 spiro atoms. The van der Waals surface area contributed by atoms with Gasteiger partial charge >= 0.3 is 12.0 Å². The van der Waals surface area contributed by atoms with E-state index >= 15 is 0 Å². The van der Waals surface area contributed by atoms with Gasteiger partial charge in [-0.25, -0.2) is 4.79 Å². The van der Waals surface area contributed by atoms with Crippen LogP contribution < -0.4 is 21.1 Å². The molecule has 0 saturated heterocycles. The summed E-state index contributed by atoms with van der Waals surface area (Å²) in [6, 6.07) is 6.21. The first-order valence-electron chi connectivity index (χ1n) is 8.13. The number of nitrogens with two attached hydrogens (primary N) is 1. The Bertz CT molecular complexity index is 614. The molecule has 8 heteroatoms. The molecule has 5 N–H and O–H groups in total. The van der Waals surface area contributed by atoms with E-state index in [9.17, 15) is 19.5 Å². The van der Waals surface area contributed by atoms with Gasteiger partial charge in [0.05, 0.1) is 24.1 Å². The number of carboxylic acid groups (broad SMARTS) is 1. The number of para-hydroxylation sites is 2. The van der Waals surface area contributed by atoms with Gasteiger partial charge in [0.25, 0.3) is 0 Å². The monoisotopic (exact) mass is 351 g/mol. The van der Waals surface area contributed by atoms with Gasteiger partial charge in [0.15, 0.2) is 0 Å². The first kappa shape index (κ1) is 20.3. The summed E-state index contributed by atoms with van der Waals surface area (Å²) in [6.07, 6.45) is 0.881. The highest BCUT2D eigenvalue weighted by Gasteiger charge is 2.35. The van der Waals surface area contributed by atoms with E-state index in [0.717, 1.165) is 0 Å². The van der Waals surface area contributed by atoms with E-state index in [1.54, 1.807) is 38.1 Å². The van der Waals surface area contributed by atoms with Crippen molar-refractivity contribution in [1.29, 1.82) is 0 Å². The highest BCUT2D eigenvalue weighted by molar-refractivity contribution is 5.91. The van der Waals surface area contributed by atoms with Crippen LogP contribution in [0.4, 0.5) is 10.5 Å². The van der Waals surface area contributed by atoms with Gasteiger partial charge in [0.1, 0.15) is 5.75 Å². The zero-order valence-corrected chi connectivity index (χ0v) is 14.5. The van der Waals surface area contributed by atoms with E-state index in [0.29, 0.717) is 24.3 Å². The summed E-state index contributed by atoms with van der Waals surface area (Å²) >= 11 is 0. The van der Waals surface area contributed by atoms with Crippen molar-refractivity contribution in [3.05, 3.63) is 24.3 Å². The van der Waals surface area contributed by atoms with Crippen LogP contribution >= 0.6 is 0 Å². The van der Waals surface area contributed by atoms with Crippen molar-refractivity contribution >= 4 is 23.6 Å². The molecular weight excluding hydrogens is 326 g/mol. The molecule has 0 aromatic heterocycles. The molecule has 0 unspecified atom stereocenters. The lowest BCUT2D eigenvalue weighted by molar-refractivity contribution is -0.149. The number of carboxylic acids is 1. The van der Waals surface area contributed by atoms with Gasteiger partial charge in [-0.1, -0.05) is 26.0 Å². The number of benzene rings is 1. The quantitative estimate of drug-likeness (QED) is 0.512. The molecule has 0 fully saturated rings. The fraction of sp³-hybridized carbons (Fsp3) is 0.471. The first-order chi connectivity index (χ1) is 11.8. The van der Waals surface area contributed by atoms with Crippen LogP contribution in [0, 0.1) is 5.41 Å². The van der Waals surface area contributed by atoms with Crippen molar-refractivity contribution in [1.82, 2.24) is 5.32 Å². The summed E-state index contributed by atoms with van der Waals surface area (Å²) in [5.74, 6) is -1.02. The maximum atomic E-state index is 12.1. The number of urea groups is 1. The van der Waals surface area contributed by atoms with Gasteiger partial charge in [0.2, 0.25) is 5.91 Å². The van der Waals surface area contributed by atoms with Crippen molar-refractivity contribution in [2.45, 2.75) is 33.1 Å². The normalized spacial score (nSPS) is 10.8. The predicted molar refractivity (Wildman–Crippen MR) is 93.4 cm³/mol. The molecule has 0 aliphatic carbocycles. The molecule has 138 valence electrons. The molecule has 1 aromatic rings. The number of aliphatic carboxylic acids is 1. The Morgan fingerprint density at radius 2 is 1.84 bits per heavy atom. The zero-order chi connectivity index (χ0) is 18.9. The lowest BCUT2D eigenvalue weighted by atomic mass is 9.82. The molecular formula is C17H25N3O5. The third-order valence-corrected chi connectivity index (χ3v) is 4.14. The van der Waals surface area contributed by atoms with E-state index < -0.39 is 23.3 Å². The van der Waals surface area contributed by atoms with Crippen LogP contribution in [0.25, 0.3) is 0 Å². The second kappa shape index (κ2) is 9.51. The average molecular weight is 351 g/mol. The summed E-state index contributed by atoms with van der Waals surface area (Å²) in [5.41, 5.74) is 4.48. The number of carbonyl (C=O) groups is 3. The number of hydrogen-bond donors (Lipinski definition) is 4. The molecule has 1 aromatic carbocycles. The number of rotatable bonds is 10. The zero-order valence-electron chi connectivity index (χ0n) is 14.5. The Kier molecular flexibility index (Phi) is 7.71. The Balaban J connectivity index is 2.68. The van der Waals surface area contributed by atoms with E-state index in [-0.39, 0.29) is 19.6 Å². The van der Waals surface area contributed by atoms with Crippen molar-refractivity contribution in [3.63, 3.8) is 0 Å². The Hall–Kier alpha value is -2.77. The lowest BCUT2D eigenvalue weighted by Gasteiger charge is -2.26. The Labute approximate surface area is 146 Å². The topological polar surface area (TPSA) is 131 Å². The molecule has 1 rings (SSSR count). The van der Waals surface area contributed by atoms with E-state index in [1.165, 1.54) is 0 Å². The highest BCUT2D eigenvalue weighted by Crippen LogP contribution is 2.26. The van der Waals surface area contributed by atoms with Crippen LogP contribution in [0.5, 0.6) is 5.75 Å². The van der Waals surface area contributed by atoms with E-state index in [1.807, 2.05) is 0 Å². The maximum absolute atomic E-state index is 12.1. The number of anilines is 1. The fourth-order valence-corrected chi connectivity index (χ4v) is 2.25. The third-order valence-electron chi connectivity index (χ3n) is 4.14.